The standard InChI is InChI=1S/C14H18ClNO3/c1-9-2-3-10(6-11(9)15)4-5-14(19)16-7-12(17)13(18)8-16/h2-3,6,12-13,17-18H,4-5,7-8H2,1H3/t12-,13+. The van der Waals surface area contributed by atoms with Crippen LogP contribution < -0.4 is 0 Å². The fourth-order valence-corrected chi connectivity index (χ4v) is 2.38. The number of aliphatic hydroxyl groups is 2. The van der Waals surface area contributed by atoms with Gasteiger partial charge in [-0.2, -0.15) is 0 Å². The Morgan fingerprint density at radius 1 is 1.37 bits per heavy atom. The largest absolute Gasteiger partial charge is 0.388 e. The van der Waals surface area contributed by atoms with Crippen LogP contribution in [0.2, 0.25) is 5.02 Å². The Kier molecular flexibility index (Phi) is 4.45. The average Bonchev–Trinajstić information content (AvgIpc) is 2.71. The van der Waals surface area contributed by atoms with Gasteiger partial charge < -0.3 is 15.1 Å². The molecule has 1 fully saturated rings. The molecule has 0 aromatic heterocycles. The van der Waals surface area contributed by atoms with Gasteiger partial charge in [-0.1, -0.05) is 23.7 Å². The summed E-state index contributed by atoms with van der Waals surface area (Å²) in [7, 11) is 0. The van der Waals surface area contributed by atoms with Crippen molar-refractivity contribution < 1.29 is 15.0 Å². The van der Waals surface area contributed by atoms with E-state index in [0.29, 0.717) is 17.9 Å². The predicted octanol–water partition coefficient (Wildman–Crippen LogP) is 1.15. The van der Waals surface area contributed by atoms with Crippen LogP contribution >= 0.6 is 11.6 Å². The molecule has 1 aromatic rings. The molecule has 1 heterocycles. The third kappa shape index (κ3) is 3.47. The lowest BCUT2D eigenvalue weighted by Gasteiger charge is -2.15. The molecular weight excluding hydrogens is 266 g/mol. The maximum absolute atomic E-state index is 11.9. The van der Waals surface area contributed by atoms with Crippen LogP contribution in [0.3, 0.4) is 0 Å². The van der Waals surface area contributed by atoms with Gasteiger partial charge in [0.05, 0.1) is 12.2 Å². The molecule has 4 nitrogen and oxygen atoms in total. The van der Waals surface area contributed by atoms with Crippen molar-refractivity contribution in [1.82, 2.24) is 4.90 Å². The lowest BCUT2D eigenvalue weighted by Crippen LogP contribution is -2.29. The van der Waals surface area contributed by atoms with Gasteiger partial charge in [-0.05, 0) is 30.5 Å². The number of rotatable bonds is 3. The van der Waals surface area contributed by atoms with Crippen molar-refractivity contribution in [2.75, 3.05) is 13.1 Å². The Balaban J connectivity index is 1.88. The number of aryl methyl sites for hydroxylation is 2. The molecular formula is C14H18ClNO3. The molecule has 1 saturated heterocycles. The van der Waals surface area contributed by atoms with Crippen molar-refractivity contribution in [3.63, 3.8) is 0 Å². The van der Waals surface area contributed by atoms with Crippen molar-refractivity contribution in [2.45, 2.75) is 32.0 Å². The number of amides is 1. The zero-order valence-electron chi connectivity index (χ0n) is 10.8. The van der Waals surface area contributed by atoms with Crippen LogP contribution in [-0.4, -0.2) is 46.3 Å². The minimum absolute atomic E-state index is 0.0488. The molecule has 0 saturated carbocycles. The van der Waals surface area contributed by atoms with E-state index in [0.717, 1.165) is 11.1 Å². The molecule has 1 amide bonds. The quantitative estimate of drug-likeness (QED) is 0.875. The summed E-state index contributed by atoms with van der Waals surface area (Å²) in [4.78, 5) is 13.4. The van der Waals surface area contributed by atoms with E-state index in [4.69, 9.17) is 11.6 Å². The summed E-state index contributed by atoms with van der Waals surface area (Å²) in [6, 6.07) is 5.77. The van der Waals surface area contributed by atoms with Crippen molar-refractivity contribution in [3.05, 3.63) is 34.3 Å². The molecule has 2 N–H and O–H groups in total. The second-order valence-electron chi connectivity index (χ2n) is 5.02. The minimum Gasteiger partial charge on any atom is -0.388 e. The predicted molar refractivity (Wildman–Crippen MR) is 73.1 cm³/mol. The number of likely N-dealkylation sites (tertiary alicyclic amines) is 1. The van der Waals surface area contributed by atoms with Crippen LogP contribution in [0.15, 0.2) is 18.2 Å². The first-order chi connectivity index (χ1) is 8.97. The number of β-amino-alcohol motifs (C(OH)–C–C–N with tert-alkyl or cyclic N) is 2. The van der Waals surface area contributed by atoms with Crippen molar-refractivity contribution in [2.24, 2.45) is 0 Å². The Bertz CT molecular complexity index is 468. The molecule has 0 radical (unpaired) electrons. The highest BCUT2D eigenvalue weighted by Gasteiger charge is 2.31. The molecule has 2 atom stereocenters. The van der Waals surface area contributed by atoms with Crippen molar-refractivity contribution in [3.8, 4) is 0 Å². The number of aliphatic hydroxyl groups excluding tert-OH is 2. The number of halogens is 1. The van der Waals surface area contributed by atoms with E-state index in [-0.39, 0.29) is 19.0 Å². The summed E-state index contributed by atoms with van der Waals surface area (Å²) in [5.41, 5.74) is 2.03. The van der Waals surface area contributed by atoms with E-state index < -0.39 is 12.2 Å². The fraction of sp³-hybridized carbons (Fsp3) is 0.500. The molecule has 0 unspecified atom stereocenters. The van der Waals surface area contributed by atoms with Crippen LogP contribution in [0, 0.1) is 6.92 Å². The number of hydrogen-bond acceptors (Lipinski definition) is 3. The second kappa shape index (κ2) is 5.90. The number of benzene rings is 1. The monoisotopic (exact) mass is 283 g/mol. The Morgan fingerprint density at radius 3 is 2.58 bits per heavy atom. The Hall–Kier alpha value is -1.10. The number of carbonyl (C=O) groups excluding carboxylic acids is 1. The third-order valence-electron chi connectivity index (χ3n) is 3.48. The van der Waals surface area contributed by atoms with Gasteiger partial charge in [0.2, 0.25) is 5.91 Å². The minimum atomic E-state index is -0.822. The highest BCUT2D eigenvalue weighted by Crippen LogP contribution is 2.18. The zero-order valence-corrected chi connectivity index (χ0v) is 11.6. The summed E-state index contributed by atoms with van der Waals surface area (Å²) >= 11 is 6.03. The van der Waals surface area contributed by atoms with Gasteiger partial charge >= 0.3 is 0 Å². The molecule has 5 heteroatoms. The Morgan fingerprint density at radius 2 is 2.00 bits per heavy atom. The maximum atomic E-state index is 11.9. The summed E-state index contributed by atoms with van der Waals surface area (Å²) in [5, 5.41) is 19.5. The summed E-state index contributed by atoms with van der Waals surface area (Å²) in [5.74, 6) is -0.0488. The molecule has 0 bridgehead atoms. The average molecular weight is 284 g/mol. The van der Waals surface area contributed by atoms with Gasteiger partial charge in [-0.15, -0.1) is 0 Å². The second-order valence-corrected chi connectivity index (χ2v) is 5.42. The maximum Gasteiger partial charge on any atom is 0.223 e. The van der Waals surface area contributed by atoms with Crippen molar-refractivity contribution in [1.29, 1.82) is 0 Å². The summed E-state index contributed by atoms with van der Waals surface area (Å²) < 4.78 is 0. The smallest absolute Gasteiger partial charge is 0.223 e. The first-order valence-electron chi connectivity index (χ1n) is 6.36. The van der Waals surface area contributed by atoms with Crippen LogP contribution in [0.25, 0.3) is 0 Å². The molecule has 1 aromatic carbocycles. The first-order valence-corrected chi connectivity index (χ1v) is 6.74. The van der Waals surface area contributed by atoms with E-state index in [1.165, 1.54) is 4.90 Å². The molecule has 0 spiro atoms. The van der Waals surface area contributed by atoms with E-state index in [1.54, 1.807) is 0 Å². The van der Waals surface area contributed by atoms with E-state index in [1.807, 2.05) is 25.1 Å². The fourth-order valence-electron chi connectivity index (χ4n) is 2.17. The van der Waals surface area contributed by atoms with Gasteiger partial charge in [0.1, 0.15) is 0 Å². The van der Waals surface area contributed by atoms with Gasteiger partial charge in [0.25, 0.3) is 0 Å². The highest BCUT2D eigenvalue weighted by atomic mass is 35.5. The SMILES string of the molecule is Cc1ccc(CCC(=O)N2C[C@@H](O)[C@@H](O)C2)cc1Cl. The van der Waals surface area contributed by atoms with Crippen molar-refractivity contribution >= 4 is 17.5 Å². The molecule has 2 rings (SSSR count). The first kappa shape index (κ1) is 14.3. The van der Waals surface area contributed by atoms with E-state index >= 15 is 0 Å². The number of hydrogen-bond donors (Lipinski definition) is 2. The number of carbonyl (C=O) groups is 1. The normalized spacial score (nSPS) is 22.8. The van der Waals surface area contributed by atoms with Crippen LogP contribution in [-0.2, 0) is 11.2 Å². The molecule has 1 aliphatic rings. The number of nitrogens with zero attached hydrogens (tertiary/aromatic N) is 1. The lowest BCUT2D eigenvalue weighted by molar-refractivity contribution is -0.130. The van der Waals surface area contributed by atoms with Gasteiger partial charge in [0, 0.05) is 24.5 Å². The van der Waals surface area contributed by atoms with Gasteiger partial charge in [-0.3, -0.25) is 4.79 Å². The van der Waals surface area contributed by atoms with Crippen LogP contribution in [0.4, 0.5) is 0 Å². The topological polar surface area (TPSA) is 60.8 Å². The van der Waals surface area contributed by atoms with Crippen LogP contribution in [0.5, 0.6) is 0 Å². The summed E-state index contributed by atoms with van der Waals surface area (Å²) in [6.45, 7) is 2.37. The van der Waals surface area contributed by atoms with Gasteiger partial charge in [0.15, 0.2) is 0 Å². The van der Waals surface area contributed by atoms with Gasteiger partial charge in [-0.25, -0.2) is 0 Å². The summed E-state index contributed by atoms with van der Waals surface area (Å²) in [6.07, 6.45) is -0.670. The van der Waals surface area contributed by atoms with E-state index in [2.05, 4.69) is 0 Å². The lowest BCUT2D eigenvalue weighted by atomic mass is 10.1. The van der Waals surface area contributed by atoms with Crippen LogP contribution in [0.1, 0.15) is 17.5 Å². The van der Waals surface area contributed by atoms with E-state index in [9.17, 15) is 15.0 Å². The third-order valence-corrected chi connectivity index (χ3v) is 3.88. The zero-order chi connectivity index (χ0) is 14.0. The molecule has 0 aliphatic carbocycles. The molecule has 19 heavy (non-hydrogen) atoms. The molecule has 104 valence electrons. The molecule has 1 aliphatic heterocycles. The Labute approximate surface area is 117 Å². The highest BCUT2D eigenvalue weighted by molar-refractivity contribution is 6.31.